The number of nitrogens with zero attached hydrogens (tertiary/aromatic N) is 1. The highest BCUT2D eigenvalue weighted by Gasteiger charge is 2.22. The molecule has 2 atom stereocenters. The summed E-state index contributed by atoms with van der Waals surface area (Å²) in [4.78, 5) is 3.20. The first-order valence-electron chi connectivity index (χ1n) is 4.33. The van der Waals surface area contributed by atoms with Gasteiger partial charge in [-0.15, -0.1) is 11.3 Å². The fraction of sp³-hybridized carbons (Fsp3) is 0.556. The average Bonchev–Trinajstić information content (AvgIpc) is 2.51. The van der Waals surface area contributed by atoms with E-state index in [1.165, 1.54) is 4.88 Å². The Balaban J connectivity index is 2.88. The van der Waals surface area contributed by atoms with Gasteiger partial charge in [0.1, 0.15) is 0 Å². The van der Waals surface area contributed by atoms with Gasteiger partial charge < -0.3 is 15.7 Å². The van der Waals surface area contributed by atoms with Gasteiger partial charge in [0.15, 0.2) is 0 Å². The maximum atomic E-state index is 9.06. The lowest BCUT2D eigenvalue weighted by molar-refractivity contribution is 0.183. The second kappa shape index (κ2) is 5.23. The fourth-order valence-electron chi connectivity index (χ4n) is 1.43. The van der Waals surface area contributed by atoms with Crippen LogP contribution in [-0.4, -0.2) is 36.8 Å². The van der Waals surface area contributed by atoms with Crippen molar-refractivity contribution in [1.29, 1.82) is 0 Å². The third-order valence-corrected chi connectivity index (χ3v) is 3.82. The van der Waals surface area contributed by atoms with Gasteiger partial charge in [0.05, 0.1) is 12.6 Å². The number of hydrogen-bond acceptors (Lipinski definition) is 4. The summed E-state index contributed by atoms with van der Waals surface area (Å²) in [7, 11) is 3.93. The highest BCUT2D eigenvalue weighted by atomic mass is 79.9. The first kappa shape index (κ1) is 12.1. The summed E-state index contributed by atoms with van der Waals surface area (Å²) in [6.45, 7) is -0.00162. The van der Waals surface area contributed by atoms with Crippen LogP contribution in [0.25, 0.3) is 0 Å². The van der Waals surface area contributed by atoms with Gasteiger partial charge in [0.25, 0.3) is 0 Å². The lowest BCUT2D eigenvalue weighted by Gasteiger charge is -2.27. The molecule has 0 aliphatic heterocycles. The third kappa shape index (κ3) is 2.77. The van der Waals surface area contributed by atoms with Crippen LogP contribution in [0.3, 0.4) is 0 Å². The first-order valence-corrected chi connectivity index (χ1v) is 6.00. The van der Waals surface area contributed by atoms with Crippen molar-refractivity contribution in [3.05, 3.63) is 20.8 Å². The average molecular weight is 279 g/mol. The van der Waals surface area contributed by atoms with Crippen LogP contribution >= 0.6 is 27.3 Å². The Bertz CT molecular complexity index is 290. The summed E-state index contributed by atoms with van der Waals surface area (Å²) in [5, 5.41) is 11.1. The zero-order valence-electron chi connectivity index (χ0n) is 8.27. The largest absolute Gasteiger partial charge is 0.395 e. The van der Waals surface area contributed by atoms with Gasteiger partial charge in [-0.05, 0) is 36.1 Å². The van der Waals surface area contributed by atoms with Crippen molar-refractivity contribution >= 4 is 27.3 Å². The van der Waals surface area contributed by atoms with E-state index < -0.39 is 0 Å². The quantitative estimate of drug-likeness (QED) is 0.876. The van der Waals surface area contributed by atoms with Crippen LogP contribution in [-0.2, 0) is 0 Å². The maximum absolute atomic E-state index is 9.06. The standard InChI is InChI=1S/C9H15BrN2OS/c1-12(2)9(7(11)4-13)8-3-6(10)5-14-8/h3,5,7,9,13H,4,11H2,1-2H3. The van der Waals surface area contributed by atoms with Crippen LogP contribution < -0.4 is 5.73 Å². The molecule has 3 nitrogen and oxygen atoms in total. The molecule has 5 heteroatoms. The van der Waals surface area contributed by atoms with Crippen LogP contribution in [0.4, 0.5) is 0 Å². The molecule has 0 aliphatic carbocycles. The van der Waals surface area contributed by atoms with Gasteiger partial charge in [0, 0.05) is 20.8 Å². The van der Waals surface area contributed by atoms with Crippen molar-refractivity contribution in [2.45, 2.75) is 12.1 Å². The number of nitrogens with two attached hydrogens (primary N) is 1. The Labute approximate surface area is 96.7 Å². The summed E-state index contributed by atoms with van der Waals surface area (Å²) in [6.07, 6.45) is 0. The molecule has 1 rings (SSSR count). The molecule has 0 aromatic carbocycles. The highest BCUT2D eigenvalue weighted by Crippen LogP contribution is 2.29. The number of aliphatic hydroxyl groups excluding tert-OH is 1. The van der Waals surface area contributed by atoms with Crippen molar-refractivity contribution < 1.29 is 5.11 Å². The summed E-state index contributed by atoms with van der Waals surface area (Å²) in [5.74, 6) is 0. The number of hydrogen-bond donors (Lipinski definition) is 2. The van der Waals surface area contributed by atoms with Crippen molar-refractivity contribution in [1.82, 2.24) is 4.90 Å². The van der Waals surface area contributed by atoms with Crippen LogP contribution in [0.5, 0.6) is 0 Å². The molecular weight excluding hydrogens is 264 g/mol. The number of rotatable bonds is 4. The molecule has 0 spiro atoms. The van der Waals surface area contributed by atoms with E-state index in [4.69, 9.17) is 10.8 Å². The van der Waals surface area contributed by atoms with Crippen LogP contribution in [0, 0.1) is 0 Å². The predicted molar refractivity (Wildman–Crippen MR) is 63.5 cm³/mol. The molecule has 0 bridgehead atoms. The van der Waals surface area contributed by atoms with E-state index in [-0.39, 0.29) is 18.7 Å². The molecular formula is C9H15BrN2OS. The predicted octanol–water partition coefficient (Wildman–Crippen LogP) is 1.43. The topological polar surface area (TPSA) is 49.5 Å². The summed E-state index contributed by atoms with van der Waals surface area (Å²) in [6, 6.07) is 1.89. The molecule has 1 heterocycles. The zero-order chi connectivity index (χ0) is 10.7. The minimum Gasteiger partial charge on any atom is -0.395 e. The van der Waals surface area contributed by atoms with Gasteiger partial charge in [-0.3, -0.25) is 0 Å². The minimum atomic E-state index is -0.240. The molecule has 14 heavy (non-hydrogen) atoms. The summed E-state index contributed by atoms with van der Waals surface area (Å²) < 4.78 is 1.06. The van der Waals surface area contributed by atoms with Gasteiger partial charge >= 0.3 is 0 Å². The molecule has 1 aromatic heterocycles. The maximum Gasteiger partial charge on any atom is 0.0611 e. The Kier molecular flexibility index (Phi) is 4.53. The van der Waals surface area contributed by atoms with Crippen molar-refractivity contribution in [3.63, 3.8) is 0 Å². The Hall–Kier alpha value is 0.0600. The SMILES string of the molecule is CN(C)C(c1cc(Br)cs1)C(N)CO. The molecule has 0 fully saturated rings. The number of likely N-dealkylation sites (N-methyl/N-ethyl adjacent to an activating group) is 1. The lowest BCUT2D eigenvalue weighted by atomic mass is 10.1. The van der Waals surface area contributed by atoms with E-state index in [1.54, 1.807) is 11.3 Å². The summed E-state index contributed by atoms with van der Waals surface area (Å²) >= 11 is 5.06. The normalized spacial score (nSPS) is 15.9. The van der Waals surface area contributed by atoms with E-state index in [2.05, 4.69) is 15.9 Å². The highest BCUT2D eigenvalue weighted by molar-refractivity contribution is 9.10. The van der Waals surface area contributed by atoms with Crippen molar-refractivity contribution in [3.8, 4) is 0 Å². The first-order chi connectivity index (χ1) is 6.56. The molecule has 3 N–H and O–H groups in total. The third-order valence-electron chi connectivity index (χ3n) is 2.05. The van der Waals surface area contributed by atoms with Crippen LogP contribution in [0.2, 0.25) is 0 Å². The van der Waals surface area contributed by atoms with Crippen molar-refractivity contribution in [2.75, 3.05) is 20.7 Å². The lowest BCUT2D eigenvalue weighted by Crippen LogP contribution is -2.39. The van der Waals surface area contributed by atoms with Gasteiger partial charge in [-0.25, -0.2) is 0 Å². The van der Waals surface area contributed by atoms with E-state index in [1.807, 2.05) is 30.4 Å². The second-order valence-corrected chi connectivity index (χ2v) is 5.28. The van der Waals surface area contributed by atoms with Gasteiger partial charge in [-0.2, -0.15) is 0 Å². The van der Waals surface area contributed by atoms with E-state index >= 15 is 0 Å². The number of halogens is 1. The molecule has 0 saturated carbocycles. The Morgan fingerprint density at radius 1 is 1.64 bits per heavy atom. The Morgan fingerprint density at radius 2 is 2.29 bits per heavy atom. The van der Waals surface area contributed by atoms with Gasteiger partial charge in [-0.1, -0.05) is 0 Å². The van der Waals surface area contributed by atoms with E-state index in [9.17, 15) is 0 Å². The zero-order valence-corrected chi connectivity index (χ0v) is 10.7. The van der Waals surface area contributed by atoms with E-state index in [0.717, 1.165) is 4.47 Å². The van der Waals surface area contributed by atoms with Crippen LogP contribution in [0.1, 0.15) is 10.9 Å². The molecule has 0 radical (unpaired) electrons. The molecule has 0 amide bonds. The monoisotopic (exact) mass is 278 g/mol. The van der Waals surface area contributed by atoms with Gasteiger partial charge in [0.2, 0.25) is 0 Å². The number of aliphatic hydroxyl groups is 1. The molecule has 0 saturated heterocycles. The minimum absolute atomic E-state index is 0.00162. The number of thiophene rings is 1. The smallest absolute Gasteiger partial charge is 0.0611 e. The molecule has 0 aliphatic rings. The second-order valence-electron chi connectivity index (χ2n) is 3.42. The molecule has 80 valence electrons. The fourth-order valence-corrected chi connectivity index (χ4v) is 3.15. The van der Waals surface area contributed by atoms with Crippen LogP contribution in [0.15, 0.2) is 15.9 Å². The molecule has 2 unspecified atom stereocenters. The van der Waals surface area contributed by atoms with Crippen molar-refractivity contribution in [2.24, 2.45) is 5.73 Å². The molecule has 1 aromatic rings. The summed E-state index contributed by atoms with van der Waals surface area (Å²) in [5.41, 5.74) is 5.86. The Morgan fingerprint density at radius 3 is 2.64 bits per heavy atom. The van der Waals surface area contributed by atoms with E-state index in [0.29, 0.717) is 0 Å².